The first kappa shape index (κ1) is 21.1. The molecule has 9 heteroatoms. The lowest BCUT2D eigenvalue weighted by atomic mass is 9.94. The van der Waals surface area contributed by atoms with Crippen LogP contribution in [0.1, 0.15) is 20.3 Å². The molecule has 0 amide bonds. The van der Waals surface area contributed by atoms with E-state index in [-0.39, 0.29) is 22.5 Å². The van der Waals surface area contributed by atoms with Crippen LogP contribution in [0.3, 0.4) is 0 Å². The third-order valence-corrected chi connectivity index (χ3v) is 6.72. The van der Waals surface area contributed by atoms with Crippen molar-refractivity contribution < 1.29 is 22.8 Å². The lowest BCUT2D eigenvalue weighted by molar-refractivity contribution is -0.385. The van der Waals surface area contributed by atoms with Gasteiger partial charge in [0, 0.05) is 19.2 Å². The predicted molar refractivity (Wildman–Crippen MR) is 108 cm³/mol. The molecule has 0 bridgehead atoms. The highest BCUT2D eigenvalue weighted by Crippen LogP contribution is 2.38. The number of methoxy groups -OCH3 is 1. The number of piperidine rings is 1. The Kier molecular flexibility index (Phi) is 6.09. The van der Waals surface area contributed by atoms with E-state index in [1.807, 2.05) is 13.8 Å². The van der Waals surface area contributed by atoms with Crippen molar-refractivity contribution in [2.24, 2.45) is 11.8 Å². The van der Waals surface area contributed by atoms with E-state index in [9.17, 15) is 18.5 Å². The third kappa shape index (κ3) is 4.51. The average Bonchev–Trinajstić information content (AvgIpc) is 2.67. The van der Waals surface area contributed by atoms with Gasteiger partial charge in [-0.15, -0.1) is 0 Å². The minimum Gasteiger partial charge on any atom is -0.493 e. The second-order valence-corrected chi connectivity index (χ2v) is 9.35. The van der Waals surface area contributed by atoms with Gasteiger partial charge in [0.15, 0.2) is 11.5 Å². The van der Waals surface area contributed by atoms with Crippen molar-refractivity contribution >= 4 is 15.7 Å². The zero-order valence-electron chi connectivity index (χ0n) is 16.6. The number of sulfonamides is 1. The van der Waals surface area contributed by atoms with Crippen molar-refractivity contribution in [3.05, 3.63) is 52.6 Å². The summed E-state index contributed by atoms with van der Waals surface area (Å²) in [4.78, 5) is 10.9. The summed E-state index contributed by atoms with van der Waals surface area (Å²) in [7, 11) is -2.37. The maximum atomic E-state index is 13.1. The van der Waals surface area contributed by atoms with Crippen molar-refractivity contribution in [3.63, 3.8) is 0 Å². The highest BCUT2D eigenvalue weighted by atomic mass is 32.2. The van der Waals surface area contributed by atoms with Crippen LogP contribution in [-0.4, -0.2) is 37.8 Å². The van der Waals surface area contributed by atoms with Crippen LogP contribution in [0, 0.1) is 22.0 Å². The lowest BCUT2D eigenvalue weighted by Gasteiger charge is -2.34. The van der Waals surface area contributed by atoms with Crippen LogP contribution in [0.25, 0.3) is 0 Å². The molecule has 2 aromatic rings. The van der Waals surface area contributed by atoms with E-state index in [4.69, 9.17) is 9.47 Å². The van der Waals surface area contributed by atoms with Gasteiger partial charge in [0.05, 0.1) is 16.9 Å². The molecule has 29 heavy (non-hydrogen) atoms. The standard InChI is InChI=1S/C20H24N2O6S/c1-14-10-15(2)13-21(12-14)29(25,26)16-8-9-18(17(11-16)22(23)24)28-20-7-5-4-6-19(20)27-3/h4-9,11,14-15H,10,12-13H2,1-3H3/t14-,15-/m0/s1. The Bertz CT molecular complexity index is 998. The Morgan fingerprint density at radius 1 is 1.03 bits per heavy atom. The number of para-hydroxylation sites is 2. The van der Waals surface area contributed by atoms with Gasteiger partial charge < -0.3 is 9.47 Å². The summed E-state index contributed by atoms with van der Waals surface area (Å²) in [6, 6.07) is 10.5. The molecule has 0 N–H and O–H groups in total. The third-order valence-electron chi connectivity index (χ3n) is 4.89. The number of ether oxygens (including phenoxy) is 2. The Balaban J connectivity index is 1.96. The zero-order chi connectivity index (χ0) is 21.2. The van der Waals surface area contributed by atoms with Crippen molar-refractivity contribution in [2.75, 3.05) is 20.2 Å². The fourth-order valence-corrected chi connectivity index (χ4v) is 5.36. The largest absolute Gasteiger partial charge is 0.493 e. The average molecular weight is 420 g/mol. The van der Waals surface area contributed by atoms with Gasteiger partial charge in [-0.3, -0.25) is 10.1 Å². The monoisotopic (exact) mass is 420 g/mol. The molecule has 0 saturated carbocycles. The molecular formula is C20H24N2O6S. The summed E-state index contributed by atoms with van der Waals surface area (Å²) in [6.07, 6.45) is 0.956. The van der Waals surface area contributed by atoms with E-state index in [2.05, 4.69) is 0 Å². The number of nitro groups is 1. The van der Waals surface area contributed by atoms with Gasteiger partial charge in [0.1, 0.15) is 0 Å². The second-order valence-electron chi connectivity index (χ2n) is 7.41. The van der Waals surface area contributed by atoms with Crippen LogP contribution in [0.5, 0.6) is 17.2 Å². The molecule has 8 nitrogen and oxygen atoms in total. The number of hydrogen-bond acceptors (Lipinski definition) is 6. The van der Waals surface area contributed by atoms with E-state index in [0.717, 1.165) is 12.5 Å². The van der Waals surface area contributed by atoms with E-state index < -0.39 is 20.6 Å². The quantitative estimate of drug-likeness (QED) is 0.516. The molecule has 0 aliphatic carbocycles. The van der Waals surface area contributed by atoms with Gasteiger partial charge in [-0.1, -0.05) is 26.0 Å². The summed E-state index contributed by atoms with van der Waals surface area (Å²) in [5, 5.41) is 11.6. The second kappa shape index (κ2) is 8.38. The van der Waals surface area contributed by atoms with Gasteiger partial charge >= 0.3 is 5.69 Å². The van der Waals surface area contributed by atoms with E-state index >= 15 is 0 Å². The molecule has 2 aromatic carbocycles. The first-order chi connectivity index (χ1) is 13.7. The molecule has 1 heterocycles. The molecule has 3 rings (SSSR count). The number of nitrogens with zero attached hydrogens (tertiary/aromatic N) is 2. The number of rotatable bonds is 6. The Morgan fingerprint density at radius 3 is 2.24 bits per heavy atom. The van der Waals surface area contributed by atoms with Crippen LogP contribution < -0.4 is 9.47 Å². The zero-order valence-corrected chi connectivity index (χ0v) is 17.4. The minimum atomic E-state index is -3.84. The first-order valence-corrected chi connectivity index (χ1v) is 10.8. The summed E-state index contributed by atoms with van der Waals surface area (Å²) in [5.74, 6) is 1.12. The summed E-state index contributed by atoms with van der Waals surface area (Å²) in [6.45, 7) is 4.81. The highest BCUT2D eigenvalue weighted by Gasteiger charge is 2.33. The molecule has 0 radical (unpaired) electrons. The molecule has 1 fully saturated rings. The Labute approximate surface area is 170 Å². The normalized spacial score (nSPS) is 20.2. The van der Waals surface area contributed by atoms with Crippen LogP contribution in [0.15, 0.2) is 47.4 Å². The van der Waals surface area contributed by atoms with Crippen LogP contribution in [0.4, 0.5) is 5.69 Å². The van der Waals surface area contributed by atoms with Gasteiger partial charge in [-0.05, 0) is 42.5 Å². The number of benzene rings is 2. The van der Waals surface area contributed by atoms with Crippen molar-refractivity contribution in [2.45, 2.75) is 25.2 Å². The van der Waals surface area contributed by atoms with Gasteiger partial charge in [0.25, 0.3) is 0 Å². The van der Waals surface area contributed by atoms with Crippen LogP contribution in [0.2, 0.25) is 0 Å². The highest BCUT2D eigenvalue weighted by molar-refractivity contribution is 7.89. The van der Waals surface area contributed by atoms with E-state index in [1.165, 1.54) is 23.5 Å². The van der Waals surface area contributed by atoms with Crippen molar-refractivity contribution in [1.29, 1.82) is 0 Å². The fraction of sp³-hybridized carbons (Fsp3) is 0.400. The lowest BCUT2D eigenvalue weighted by Crippen LogP contribution is -2.42. The number of nitro benzene ring substituents is 1. The molecule has 0 spiro atoms. The van der Waals surface area contributed by atoms with Crippen LogP contribution in [-0.2, 0) is 10.0 Å². The van der Waals surface area contributed by atoms with Gasteiger partial charge in [0.2, 0.25) is 15.8 Å². The molecule has 1 saturated heterocycles. The van der Waals surface area contributed by atoms with Gasteiger partial charge in [-0.25, -0.2) is 8.42 Å². The van der Waals surface area contributed by atoms with Gasteiger partial charge in [-0.2, -0.15) is 4.31 Å². The van der Waals surface area contributed by atoms with E-state index in [1.54, 1.807) is 24.3 Å². The summed E-state index contributed by atoms with van der Waals surface area (Å²) in [5.41, 5.74) is -0.421. The summed E-state index contributed by atoms with van der Waals surface area (Å²) >= 11 is 0. The molecule has 2 atom stereocenters. The van der Waals surface area contributed by atoms with Crippen molar-refractivity contribution in [3.8, 4) is 17.2 Å². The minimum absolute atomic E-state index is 0.0566. The number of hydrogen-bond donors (Lipinski definition) is 0. The molecule has 1 aliphatic heterocycles. The fourth-order valence-electron chi connectivity index (χ4n) is 3.66. The smallest absolute Gasteiger partial charge is 0.312 e. The topological polar surface area (TPSA) is 99.0 Å². The van der Waals surface area contributed by atoms with Crippen LogP contribution >= 0.6 is 0 Å². The summed E-state index contributed by atoms with van der Waals surface area (Å²) < 4.78 is 38.4. The maximum absolute atomic E-state index is 13.1. The molecule has 0 aromatic heterocycles. The maximum Gasteiger partial charge on any atom is 0.312 e. The first-order valence-electron chi connectivity index (χ1n) is 9.31. The Hall–Kier alpha value is -2.65. The van der Waals surface area contributed by atoms with E-state index in [0.29, 0.717) is 24.6 Å². The molecular weight excluding hydrogens is 396 g/mol. The molecule has 156 valence electrons. The molecule has 1 aliphatic rings. The predicted octanol–water partition coefficient (Wildman–Crippen LogP) is 4.06. The SMILES string of the molecule is COc1ccccc1Oc1ccc(S(=O)(=O)N2C[C@@H](C)C[C@H](C)C2)cc1[N+](=O)[O-]. The Morgan fingerprint density at radius 2 is 1.66 bits per heavy atom. The molecule has 0 unspecified atom stereocenters. The van der Waals surface area contributed by atoms with Crippen molar-refractivity contribution in [1.82, 2.24) is 4.31 Å².